The quantitative estimate of drug-likeness (QED) is 0.601. The van der Waals surface area contributed by atoms with E-state index in [-0.39, 0.29) is 6.61 Å². The van der Waals surface area contributed by atoms with Crippen molar-refractivity contribution in [3.8, 4) is 0 Å². The first-order valence-electron chi connectivity index (χ1n) is 7.36. The Labute approximate surface area is 125 Å². The van der Waals surface area contributed by atoms with Crippen molar-refractivity contribution >= 4 is 5.91 Å². The van der Waals surface area contributed by atoms with Gasteiger partial charge in [-0.25, -0.2) is 0 Å². The van der Waals surface area contributed by atoms with Crippen molar-refractivity contribution in [1.82, 2.24) is 20.3 Å². The lowest BCUT2D eigenvalue weighted by Crippen LogP contribution is -2.46. The third kappa shape index (κ3) is 5.43. The lowest BCUT2D eigenvalue weighted by molar-refractivity contribution is -0.137. The van der Waals surface area contributed by atoms with Gasteiger partial charge in [-0.1, -0.05) is 32.4 Å². The minimum Gasteiger partial charge on any atom is -0.396 e. The molecule has 0 aliphatic carbocycles. The van der Waals surface area contributed by atoms with E-state index in [2.05, 4.69) is 22.6 Å². The molecule has 0 fully saturated rings. The smallest absolute Gasteiger partial charge is 0.249 e. The number of carbonyl (C=O) groups is 1. The second kappa shape index (κ2) is 8.09. The molecule has 0 bridgehead atoms. The van der Waals surface area contributed by atoms with E-state index >= 15 is 0 Å². The summed E-state index contributed by atoms with van der Waals surface area (Å²) in [6, 6.07) is 0. The molecule has 7 nitrogen and oxygen atoms in total. The summed E-state index contributed by atoms with van der Waals surface area (Å²) >= 11 is 0. The zero-order valence-corrected chi connectivity index (χ0v) is 13.0. The molecule has 120 valence electrons. The summed E-state index contributed by atoms with van der Waals surface area (Å²) in [6.07, 6.45) is 3.36. The Kier molecular flexibility index (Phi) is 6.77. The van der Waals surface area contributed by atoms with E-state index < -0.39 is 17.4 Å². The van der Waals surface area contributed by atoms with Gasteiger partial charge in [-0.3, -0.25) is 9.48 Å². The number of aliphatic hydroxyl groups excluding tert-OH is 2. The third-order valence-electron chi connectivity index (χ3n) is 3.40. The van der Waals surface area contributed by atoms with Crippen LogP contribution < -0.4 is 5.32 Å². The zero-order chi connectivity index (χ0) is 15.9. The molecule has 0 aliphatic rings. The molecular weight excluding hydrogens is 272 g/mol. The van der Waals surface area contributed by atoms with Crippen molar-refractivity contribution in [2.24, 2.45) is 5.41 Å². The van der Waals surface area contributed by atoms with E-state index in [1.807, 2.05) is 6.20 Å². The molecule has 1 atom stereocenters. The lowest BCUT2D eigenvalue weighted by Gasteiger charge is -2.27. The van der Waals surface area contributed by atoms with Gasteiger partial charge in [-0.05, 0) is 6.42 Å². The molecule has 0 unspecified atom stereocenters. The maximum atomic E-state index is 11.8. The Hall–Kier alpha value is -1.47. The third-order valence-corrected chi connectivity index (χ3v) is 3.40. The number of nitrogens with zero attached hydrogens (tertiary/aromatic N) is 3. The van der Waals surface area contributed by atoms with Crippen LogP contribution in [0.1, 0.15) is 39.3 Å². The van der Waals surface area contributed by atoms with Crippen molar-refractivity contribution in [1.29, 1.82) is 0 Å². The van der Waals surface area contributed by atoms with E-state index in [9.17, 15) is 9.90 Å². The molecule has 1 aromatic rings. The number of carbonyl (C=O) groups excluding carboxylic acids is 1. The van der Waals surface area contributed by atoms with Gasteiger partial charge >= 0.3 is 0 Å². The predicted octanol–water partition coefficient (Wildman–Crippen LogP) is 0.116. The molecular formula is C14H26N4O3. The molecule has 21 heavy (non-hydrogen) atoms. The molecule has 1 heterocycles. The van der Waals surface area contributed by atoms with Crippen LogP contribution in [0.3, 0.4) is 0 Å². The van der Waals surface area contributed by atoms with Crippen molar-refractivity contribution in [3.05, 3.63) is 11.9 Å². The SMILES string of the molecule is CCCCn1cc(CCNC(=O)[C@H](O)C(C)(C)CO)nn1. The summed E-state index contributed by atoms with van der Waals surface area (Å²) in [5, 5.41) is 29.7. The van der Waals surface area contributed by atoms with Crippen LogP contribution in [0.5, 0.6) is 0 Å². The van der Waals surface area contributed by atoms with Gasteiger partial charge in [0.05, 0.1) is 12.3 Å². The topological polar surface area (TPSA) is 100 Å². The summed E-state index contributed by atoms with van der Waals surface area (Å²) in [4.78, 5) is 11.8. The number of aliphatic hydroxyl groups is 2. The maximum absolute atomic E-state index is 11.8. The second-order valence-corrected chi connectivity index (χ2v) is 5.92. The minimum absolute atomic E-state index is 0.257. The van der Waals surface area contributed by atoms with E-state index in [1.54, 1.807) is 18.5 Å². The Morgan fingerprint density at radius 3 is 2.86 bits per heavy atom. The van der Waals surface area contributed by atoms with Gasteiger partial charge in [0.25, 0.3) is 0 Å². The molecule has 3 N–H and O–H groups in total. The Bertz CT molecular complexity index is 445. The Balaban J connectivity index is 2.36. The fourth-order valence-corrected chi connectivity index (χ4v) is 1.73. The largest absolute Gasteiger partial charge is 0.396 e. The molecule has 0 saturated heterocycles. The van der Waals surface area contributed by atoms with Gasteiger partial charge in [-0.2, -0.15) is 0 Å². The van der Waals surface area contributed by atoms with Crippen molar-refractivity contribution < 1.29 is 15.0 Å². The summed E-state index contributed by atoms with van der Waals surface area (Å²) in [6.45, 7) is 6.36. The highest BCUT2D eigenvalue weighted by Gasteiger charge is 2.32. The molecule has 0 radical (unpaired) electrons. The van der Waals surface area contributed by atoms with Crippen LogP contribution in [-0.2, 0) is 17.8 Å². The van der Waals surface area contributed by atoms with Crippen LogP contribution in [0.25, 0.3) is 0 Å². The summed E-state index contributed by atoms with van der Waals surface area (Å²) < 4.78 is 1.80. The molecule has 7 heteroatoms. The Morgan fingerprint density at radius 1 is 1.52 bits per heavy atom. The lowest BCUT2D eigenvalue weighted by atomic mass is 9.87. The summed E-state index contributed by atoms with van der Waals surface area (Å²) in [5.74, 6) is -0.479. The second-order valence-electron chi connectivity index (χ2n) is 5.92. The number of nitrogens with one attached hydrogen (secondary N) is 1. The number of aryl methyl sites for hydroxylation is 1. The number of hydrogen-bond donors (Lipinski definition) is 3. The Morgan fingerprint density at radius 2 is 2.24 bits per heavy atom. The van der Waals surface area contributed by atoms with E-state index in [4.69, 9.17) is 5.11 Å². The van der Waals surface area contributed by atoms with Gasteiger partial charge in [0.1, 0.15) is 6.10 Å². The highest BCUT2D eigenvalue weighted by atomic mass is 16.3. The average molecular weight is 298 g/mol. The van der Waals surface area contributed by atoms with Crippen LogP contribution in [0.15, 0.2) is 6.20 Å². The molecule has 0 spiro atoms. The van der Waals surface area contributed by atoms with Crippen LogP contribution in [0, 0.1) is 5.41 Å². The van der Waals surface area contributed by atoms with Gasteiger partial charge in [-0.15, -0.1) is 5.10 Å². The average Bonchev–Trinajstić information content (AvgIpc) is 2.91. The van der Waals surface area contributed by atoms with E-state index in [0.29, 0.717) is 13.0 Å². The molecule has 1 aromatic heterocycles. The van der Waals surface area contributed by atoms with Crippen LogP contribution >= 0.6 is 0 Å². The number of amides is 1. The zero-order valence-electron chi connectivity index (χ0n) is 13.0. The fraction of sp³-hybridized carbons (Fsp3) is 0.786. The first-order valence-corrected chi connectivity index (χ1v) is 7.36. The summed E-state index contributed by atoms with van der Waals surface area (Å²) in [5.41, 5.74) is -0.0461. The maximum Gasteiger partial charge on any atom is 0.249 e. The van der Waals surface area contributed by atoms with Crippen LogP contribution in [0.4, 0.5) is 0 Å². The molecule has 1 amide bonds. The van der Waals surface area contributed by atoms with Crippen molar-refractivity contribution in [2.45, 2.75) is 52.7 Å². The molecule has 0 saturated carbocycles. The monoisotopic (exact) mass is 298 g/mol. The number of rotatable bonds is 9. The normalized spacial score (nSPS) is 13.2. The highest BCUT2D eigenvalue weighted by Crippen LogP contribution is 2.19. The van der Waals surface area contributed by atoms with E-state index in [0.717, 1.165) is 25.1 Å². The van der Waals surface area contributed by atoms with Gasteiger partial charge in [0, 0.05) is 31.1 Å². The van der Waals surface area contributed by atoms with Crippen molar-refractivity contribution in [3.63, 3.8) is 0 Å². The summed E-state index contributed by atoms with van der Waals surface area (Å²) in [7, 11) is 0. The first-order chi connectivity index (χ1) is 9.90. The molecule has 0 aromatic carbocycles. The van der Waals surface area contributed by atoms with Gasteiger partial charge in [0.2, 0.25) is 5.91 Å². The van der Waals surface area contributed by atoms with Crippen LogP contribution in [0.2, 0.25) is 0 Å². The number of hydrogen-bond acceptors (Lipinski definition) is 5. The molecule has 0 aliphatic heterocycles. The predicted molar refractivity (Wildman–Crippen MR) is 78.5 cm³/mol. The van der Waals surface area contributed by atoms with Crippen molar-refractivity contribution in [2.75, 3.05) is 13.2 Å². The van der Waals surface area contributed by atoms with Crippen LogP contribution in [-0.4, -0.2) is 50.4 Å². The molecule has 1 rings (SSSR count). The van der Waals surface area contributed by atoms with Gasteiger partial charge in [0.15, 0.2) is 0 Å². The standard InChI is InChI=1S/C14H26N4O3/c1-4-5-8-18-9-11(16-17-18)6-7-15-13(21)12(20)14(2,3)10-19/h9,12,19-20H,4-8,10H2,1-3H3,(H,15,21)/t12-/m0/s1. The minimum atomic E-state index is -1.23. The number of unbranched alkanes of at least 4 members (excludes halogenated alkanes) is 1. The van der Waals surface area contributed by atoms with E-state index in [1.165, 1.54) is 0 Å². The number of aromatic nitrogens is 3. The van der Waals surface area contributed by atoms with Gasteiger partial charge < -0.3 is 15.5 Å². The first kappa shape index (κ1) is 17.6. The fourth-order valence-electron chi connectivity index (χ4n) is 1.73. The highest BCUT2D eigenvalue weighted by molar-refractivity contribution is 5.81.